The average molecular weight is 299 g/mol. The molecule has 1 N–H and O–H groups in total. The number of ether oxygens (including phenoxy) is 1. The zero-order valence-corrected chi connectivity index (χ0v) is 12.9. The summed E-state index contributed by atoms with van der Waals surface area (Å²) in [6.07, 6.45) is 0.945. The lowest BCUT2D eigenvalue weighted by Gasteiger charge is -2.08. The summed E-state index contributed by atoms with van der Waals surface area (Å²) in [6, 6.07) is 5.77. The Kier molecular flexibility index (Phi) is 5.02. The number of imidazole rings is 1. The minimum atomic E-state index is 0.578. The first-order valence-electron chi connectivity index (χ1n) is 6.53. The number of aromatic amines is 1. The van der Waals surface area contributed by atoms with Crippen LogP contribution in [0.4, 0.5) is 0 Å². The van der Waals surface area contributed by atoms with Crippen molar-refractivity contribution in [3.8, 4) is 0 Å². The smallest absolute Gasteiger partial charge is 0.178 e. The van der Waals surface area contributed by atoms with E-state index in [-0.39, 0.29) is 0 Å². The minimum Gasteiger partial charge on any atom is -0.381 e. The van der Waals surface area contributed by atoms with Crippen LogP contribution in [0.15, 0.2) is 18.2 Å². The number of hydrogen-bond donors (Lipinski definition) is 1. The van der Waals surface area contributed by atoms with Crippen LogP contribution in [0.3, 0.4) is 0 Å². The number of halogens is 1. The summed E-state index contributed by atoms with van der Waals surface area (Å²) in [7, 11) is 0. The highest BCUT2D eigenvalue weighted by molar-refractivity contribution is 7.71. The number of H-pyrrole nitrogens is 1. The quantitative estimate of drug-likeness (QED) is 0.632. The first-order chi connectivity index (χ1) is 9.08. The van der Waals surface area contributed by atoms with E-state index in [1.54, 1.807) is 0 Å². The van der Waals surface area contributed by atoms with Gasteiger partial charge in [-0.25, -0.2) is 0 Å². The Balaban J connectivity index is 2.02. The van der Waals surface area contributed by atoms with Crippen LogP contribution in [0.1, 0.15) is 20.3 Å². The predicted molar refractivity (Wildman–Crippen MR) is 82.4 cm³/mol. The molecule has 0 aliphatic heterocycles. The van der Waals surface area contributed by atoms with Crippen LogP contribution in [0.5, 0.6) is 0 Å². The van der Waals surface area contributed by atoms with Crippen molar-refractivity contribution in [2.45, 2.75) is 26.8 Å². The molecule has 1 heterocycles. The van der Waals surface area contributed by atoms with E-state index in [0.29, 0.717) is 5.92 Å². The molecule has 0 spiro atoms. The van der Waals surface area contributed by atoms with Gasteiger partial charge in [-0.05, 0) is 42.8 Å². The Morgan fingerprint density at radius 1 is 1.42 bits per heavy atom. The highest BCUT2D eigenvalue weighted by Crippen LogP contribution is 2.19. The fraction of sp³-hybridized carbons (Fsp3) is 0.500. The standard InChI is InChI=1S/C14H19ClN2OS/c1-10(2)9-18-7-3-6-17-13-8-11(15)4-5-12(13)16-14(17)19/h4-5,8,10H,3,6-7,9H2,1-2H3,(H,16,19). The topological polar surface area (TPSA) is 29.9 Å². The zero-order valence-electron chi connectivity index (χ0n) is 11.3. The minimum absolute atomic E-state index is 0.578. The summed E-state index contributed by atoms with van der Waals surface area (Å²) in [5.74, 6) is 0.578. The first kappa shape index (κ1) is 14.6. The summed E-state index contributed by atoms with van der Waals surface area (Å²) >= 11 is 11.4. The van der Waals surface area contributed by atoms with Crippen molar-refractivity contribution < 1.29 is 4.74 Å². The maximum Gasteiger partial charge on any atom is 0.178 e. The lowest BCUT2D eigenvalue weighted by molar-refractivity contribution is 0.105. The van der Waals surface area contributed by atoms with Gasteiger partial charge in [0.2, 0.25) is 0 Å². The number of hydrogen-bond acceptors (Lipinski definition) is 2. The van der Waals surface area contributed by atoms with E-state index < -0.39 is 0 Å². The van der Waals surface area contributed by atoms with Crippen LogP contribution in [0.2, 0.25) is 5.02 Å². The molecule has 0 saturated heterocycles. The van der Waals surface area contributed by atoms with Gasteiger partial charge in [0.05, 0.1) is 11.0 Å². The SMILES string of the molecule is CC(C)COCCCn1c(=S)[nH]c2ccc(Cl)cc21. The van der Waals surface area contributed by atoms with Crippen LogP contribution in [-0.2, 0) is 11.3 Å². The molecule has 0 fully saturated rings. The van der Waals surface area contributed by atoms with E-state index in [2.05, 4.69) is 23.4 Å². The summed E-state index contributed by atoms with van der Waals surface area (Å²) in [6.45, 7) is 6.71. The van der Waals surface area contributed by atoms with Crippen molar-refractivity contribution in [3.05, 3.63) is 28.0 Å². The molecule has 0 bridgehead atoms. The molecular weight excluding hydrogens is 280 g/mol. The van der Waals surface area contributed by atoms with Crippen LogP contribution >= 0.6 is 23.8 Å². The van der Waals surface area contributed by atoms with Gasteiger partial charge in [-0.1, -0.05) is 25.4 Å². The normalized spacial score (nSPS) is 11.6. The van der Waals surface area contributed by atoms with Gasteiger partial charge in [-0.15, -0.1) is 0 Å². The molecule has 2 rings (SSSR count). The van der Waals surface area contributed by atoms with Gasteiger partial charge in [0.1, 0.15) is 0 Å². The molecule has 0 radical (unpaired) electrons. The second kappa shape index (κ2) is 6.55. The maximum absolute atomic E-state index is 6.03. The average Bonchev–Trinajstić information content (AvgIpc) is 2.65. The number of rotatable bonds is 6. The molecule has 1 aromatic carbocycles. The van der Waals surface area contributed by atoms with Gasteiger partial charge in [-0.3, -0.25) is 0 Å². The van der Waals surface area contributed by atoms with Gasteiger partial charge in [0.25, 0.3) is 0 Å². The third-order valence-corrected chi connectivity index (χ3v) is 3.42. The fourth-order valence-corrected chi connectivity index (χ4v) is 2.46. The zero-order chi connectivity index (χ0) is 13.8. The van der Waals surface area contributed by atoms with Crippen molar-refractivity contribution in [3.63, 3.8) is 0 Å². The third kappa shape index (κ3) is 3.81. The van der Waals surface area contributed by atoms with Crippen LogP contribution in [0.25, 0.3) is 11.0 Å². The number of aromatic nitrogens is 2. The molecule has 0 aliphatic carbocycles. The molecule has 3 nitrogen and oxygen atoms in total. The van der Waals surface area contributed by atoms with Crippen molar-refractivity contribution >= 4 is 34.9 Å². The number of fused-ring (bicyclic) bond motifs is 1. The van der Waals surface area contributed by atoms with E-state index in [4.69, 9.17) is 28.6 Å². The van der Waals surface area contributed by atoms with E-state index in [9.17, 15) is 0 Å². The molecule has 0 unspecified atom stereocenters. The van der Waals surface area contributed by atoms with Gasteiger partial charge in [0, 0.05) is 24.8 Å². The van der Waals surface area contributed by atoms with Crippen molar-refractivity contribution in [2.24, 2.45) is 5.92 Å². The fourth-order valence-electron chi connectivity index (χ4n) is 1.99. The molecule has 0 aliphatic rings. The third-order valence-electron chi connectivity index (χ3n) is 2.86. The van der Waals surface area contributed by atoms with E-state index in [1.165, 1.54) is 0 Å². The Labute approximate surface area is 123 Å². The lowest BCUT2D eigenvalue weighted by atomic mass is 10.2. The Hall–Kier alpha value is -0.840. The monoisotopic (exact) mass is 298 g/mol. The second-order valence-electron chi connectivity index (χ2n) is 5.07. The molecule has 104 valence electrons. The Morgan fingerprint density at radius 3 is 2.95 bits per heavy atom. The summed E-state index contributed by atoms with van der Waals surface area (Å²) in [5.41, 5.74) is 2.08. The Bertz CT molecular complexity index is 603. The highest BCUT2D eigenvalue weighted by Gasteiger charge is 2.04. The van der Waals surface area contributed by atoms with Gasteiger partial charge >= 0.3 is 0 Å². The molecule has 19 heavy (non-hydrogen) atoms. The van der Waals surface area contributed by atoms with E-state index in [1.807, 2.05) is 18.2 Å². The van der Waals surface area contributed by atoms with Gasteiger partial charge in [0.15, 0.2) is 4.77 Å². The van der Waals surface area contributed by atoms with Gasteiger partial charge in [-0.2, -0.15) is 0 Å². The van der Waals surface area contributed by atoms with E-state index >= 15 is 0 Å². The van der Waals surface area contributed by atoms with Crippen molar-refractivity contribution in [1.29, 1.82) is 0 Å². The van der Waals surface area contributed by atoms with Gasteiger partial charge < -0.3 is 14.3 Å². The van der Waals surface area contributed by atoms with E-state index in [0.717, 1.165) is 47.0 Å². The summed E-state index contributed by atoms with van der Waals surface area (Å²) in [5, 5.41) is 0.728. The summed E-state index contributed by atoms with van der Waals surface area (Å²) in [4.78, 5) is 3.19. The molecular formula is C14H19ClN2OS. The number of aryl methyl sites for hydroxylation is 1. The highest BCUT2D eigenvalue weighted by atomic mass is 35.5. The second-order valence-corrected chi connectivity index (χ2v) is 5.89. The molecule has 0 atom stereocenters. The lowest BCUT2D eigenvalue weighted by Crippen LogP contribution is -2.06. The Morgan fingerprint density at radius 2 is 2.21 bits per heavy atom. The molecule has 0 saturated carbocycles. The van der Waals surface area contributed by atoms with Crippen LogP contribution in [-0.4, -0.2) is 22.8 Å². The molecule has 0 amide bonds. The number of nitrogens with one attached hydrogen (secondary N) is 1. The van der Waals surface area contributed by atoms with Crippen molar-refractivity contribution in [2.75, 3.05) is 13.2 Å². The van der Waals surface area contributed by atoms with Crippen LogP contribution in [0, 0.1) is 10.7 Å². The molecule has 5 heteroatoms. The first-order valence-corrected chi connectivity index (χ1v) is 7.32. The number of benzene rings is 1. The largest absolute Gasteiger partial charge is 0.381 e. The number of nitrogens with zero attached hydrogens (tertiary/aromatic N) is 1. The summed E-state index contributed by atoms with van der Waals surface area (Å²) < 4.78 is 8.40. The molecule has 1 aromatic heterocycles. The maximum atomic E-state index is 6.03. The molecule has 2 aromatic rings. The predicted octanol–water partition coefficient (Wildman–Crippen LogP) is 4.41. The van der Waals surface area contributed by atoms with Crippen molar-refractivity contribution in [1.82, 2.24) is 9.55 Å². The van der Waals surface area contributed by atoms with Crippen LogP contribution < -0.4 is 0 Å².